The highest BCUT2D eigenvalue weighted by Gasteiger charge is 2.17. The molecule has 0 aliphatic heterocycles. The SMILES string of the molecule is CC(C)CNC(=O)c1nc(-c2nc(-c3ccccn3)no2)cs1. The van der Waals surface area contributed by atoms with Gasteiger partial charge in [0.15, 0.2) is 5.01 Å². The maximum atomic E-state index is 12.0. The van der Waals surface area contributed by atoms with Crippen molar-refractivity contribution < 1.29 is 9.32 Å². The Morgan fingerprint density at radius 2 is 2.17 bits per heavy atom. The van der Waals surface area contributed by atoms with Crippen LogP contribution in [-0.4, -0.2) is 32.6 Å². The third-order valence-electron chi connectivity index (χ3n) is 2.91. The molecule has 3 heterocycles. The van der Waals surface area contributed by atoms with E-state index in [4.69, 9.17) is 4.52 Å². The summed E-state index contributed by atoms with van der Waals surface area (Å²) in [5.41, 5.74) is 1.10. The van der Waals surface area contributed by atoms with Gasteiger partial charge in [-0.25, -0.2) is 4.98 Å². The predicted octanol–water partition coefficient (Wildman–Crippen LogP) is 2.64. The van der Waals surface area contributed by atoms with Crippen molar-refractivity contribution in [1.29, 1.82) is 0 Å². The Morgan fingerprint density at radius 3 is 2.91 bits per heavy atom. The van der Waals surface area contributed by atoms with Crippen molar-refractivity contribution in [3.8, 4) is 23.1 Å². The fourth-order valence-corrected chi connectivity index (χ4v) is 2.48. The summed E-state index contributed by atoms with van der Waals surface area (Å²) in [7, 11) is 0. The van der Waals surface area contributed by atoms with E-state index in [2.05, 4.69) is 25.4 Å². The van der Waals surface area contributed by atoms with Gasteiger partial charge in [-0.1, -0.05) is 25.1 Å². The Balaban J connectivity index is 1.76. The lowest BCUT2D eigenvalue weighted by Crippen LogP contribution is -2.27. The minimum atomic E-state index is -0.195. The number of nitrogens with zero attached hydrogens (tertiary/aromatic N) is 4. The molecule has 1 N–H and O–H groups in total. The summed E-state index contributed by atoms with van der Waals surface area (Å²) >= 11 is 1.24. The van der Waals surface area contributed by atoms with Gasteiger partial charge in [-0.15, -0.1) is 11.3 Å². The zero-order valence-corrected chi connectivity index (χ0v) is 13.5. The molecule has 8 heteroatoms. The molecule has 0 aliphatic carbocycles. The average molecular weight is 329 g/mol. The molecule has 0 aliphatic rings. The van der Waals surface area contributed by atoms with E-state index in [0.717, 1.165) is 0 Å². The standard InChI is InChI=1S/C15H15N5O2S/c1-9(2)7-17-13(21)15-18-11(8-23-15)14-19-12(20-22-14)10-5-3-4-6-16-10/h3-6,8-9H,7H2,1-2H3,(H,17,21). The monoisotopic (exact) mass is 329 g/mol. The quantitative estimate of drug-likeness (QED) is 0.773. The molecule has 0 aromatic carbocycles. The van der Waals surface area contributed by atoms with Crippen molar-refractivity contribution in [2.75, 3.05) is 6.54 Å². The van der Waals surface area contributed by atoms with E-state index in [1.54, 1.807) is 17.6 Å². The lowest BCUT2D eigenvalue weighted by molar-refractivity contribution is 0.0948. The van der Waals surface area contributed by atoms with Crippen LogP contribution in [0.4, 0.5) is 0 Å². The average Bonchev–Trinajstić information content (AvgIpc) is 3.22. The van der Waals surface area contributed by atoms with Gasteiger partial charge >= 0.3 is 0 Å². The molecule has 0 atom stereocenters. The number of carbonyl (C=O) groups is 1. The lowest BCUT2D eigenvalue weighted by Gasteiger charge is -2.04. The zero-order valence-electron chi connectivity index (χ0n) is 12.7. The third-order valence-corrected chi connectivity index (χ3v) is 3.75. The second-order valence-corrected chi connectivity index (χ2v) is 6.14. The van der Waals surface area contributed by atoms with Gasteiger partial charge in [0.1, 0.15) is 11.4 Å². The van der Waals surface area contributed by atoms with Crippen LogP contribution >= 0.6 is 11.3 Å². The van der Waals surface area contributed by atoms with Crippen molar-refractivity contribution in [1.82, 2.24) is 25.4 Å². The van der Waals surface area contributed by atoms with Crippen LogP contribution in [0.1, 0.15) is 23.6 Å². The van der Waals surface area contributed by atoms with Crippen LogP contribution in [0.15, 0.2) is 34.3 Å². The molecule has 0 radical (unpaired) electrons. The number of hydrogen-bond acceptors (Lipinski definition) is 7. The zero-order chi connectivity index (χ0) is 16.2. The summed E-state index contributed by atoms with van der Waals surface area (Å²) < 4.78 is 5.21. The molecule has 0 fully saturated rings. The van der Waals surface area contributed by atoms with Crippen molar-refractivity contribution >= 4 is 17.2 Å². The molecule has 0 saturated carbocycles. The van der Waals surface area contributed by atoms with E-state index in [0.29, 0.717) is 34.7 Å². The van der Waals surface area contributed by atoms with Gasteiger partial charge in [-0.05, 0) is 18.1 Å². The fraction of sp³-hybridized carbons (Fsp3) is 0.267. The van der Waals surface area contributed by atoms with E-state index in [9.17, 15) is 4.79 Å². The summed E-state index contributed by atoms with van der Waals surface area (Å²) in [6.07, 6.45) is 1.66. The van der Waals surface area contributed by atoms with Gasteiger partial charge in [0.2, 0.25) is 5.82 Å². The van der Waals surface area contributed by atoms with Gasteiger partial charge in [-0.2, -0.15) is 4.98 Å². The van der Waals surface area contributed by atoms with Crippen LogP contribution in [-0.2, 0) is 0 Å². The molecule has 1 amide bonds. The van der Waals surface area contributed by atoms with Crippen LogP contribution < -0.4 is 5.32 Å². The minimum absolute atomic E-state index is 0.195. The highest BCUT2D eigenvalue weighted by atomic mass is 32.1. The number of thiazole rings is 1. The number of nitrogens with one attached hydrogen (secondary N) is 1. The van der Waals surface area contributed by atoms with Gasteiger partial charge in [-0.3, -0.25) is 9.78 Å². The molecule has 118 valence electrons. The van der Waals surface area contributed by atoms with E-state index >= 15 is 0 Å². The first-order valence-corrected chi connectivity index (χ1v) is 8.00. The lowest BCUT2D eigenvalue weighted by atomic mass is 10.2. The van der Waals surface area contributed by atoms with Crippen LogP contribution in [0, 0.1) is 5.92 Å². The largest absolute Gasteiger partial charge is 0.350 e. The Bertz CT molecular complexity index is 797. The third kappa shape index (κ3) is 3.59. The van der Waals surface area contributed by atoms with Crippen LogP contribution in [0.5, 0.6) is 0 Å². The molecular weight excluding hydrogens is 314 g/mol. The fourth-order valence-electron chi connectivity index (χ4n) is 1.78. The highest BCUT2D eigenvalue weighted by molar-refractivity contribution is 7.12. The molecule has 3 rings (SSSR count). The summed E-state index contributed by atoms with van der Waals surface area (Å²) in [6, 6.07) is 5.45. The number of pyridine rings is 1. The van der Waals surface area contributed by atoms with Gasteiger partial charge < -0.3 is 9.84 Å². The van der Waals surface area contributed by atoms with Crippen LogP contribution in [0.2, 0.25) is 0 Å². The molecule has 3 aromatic rings. The van der Waals surface area contributed by atoms with Crippen molar-refractivity contribution in [3.63, 3.8) is 0 Å². The van der Waals surface area contributed by atoms with Gasteiger partial charge in [0.25, 0.3) is 11.8 Å². The Labute approximate surface area is 136 Å². The van der Waals surface area contributed by atoms with E-state index in [1.165, 1.54) is 11.3 Å². The number of aromatic nitrogens is 4. The molecule has 3 aromatic heterocycles. The van der Waals surface area contributed by atoms with Gasteiger partial charge in [0.05, 0.1) is 0 Å². The molecule has 0 saturated heterocycles. The second kappa shape index (κ2) is 6.66. The topological polar surface area (TPSA) is 93.8 Å². The van der Waals surface area contributed by atoms with E-state index < -0.39 is 0 Å². The predicted molar refractivity (Wildman–Crippen MR) is 85.8 cm³/mol. The normalized spacial score (nSPS) is 10.9. The minimum Gasteiger partial charge on any atom is -0.350 e. The molecule has 0 spiro atoms. The molecule has 23 heavy (non-hydrogen) atoms. The number of hydrogen-bond donors (Lipinski definition) is 1. The highest BCUT2D eigenvalue weighted by Crippen LogP contribution is 2.22. The first-order valence-electron chi connectivity index (χ1n) is 7.12. The summed E-state index contributed by atoms with van der Waals surface area (Å²) in [4.78, 5) is 24.7. The molecule has 7 nitrogen and oxygen atoms in total. The molecule has 0 unspecified atom stereocenters. The van der Waals surface area contributed by atoms with Crippen molar-refractivity contribution in [2.45, 2.75) is 13.8 Å². The van der Waals surface area contributed by atoms with E-state index in [1.807, 2.05) is 26.0 Å². The maximum Gasteiger partial charge on any atom is 0.280 e. The van der Waals surface area contributed by atoms with Crippen molar-refractivity contribution in [3.05, 3.63) is 34.8 Å². The Morgan fingerprint density at radius 1 is 1.30 bits per heavy atom. The first-order chi connectivity index (χ1) is 11.1. The Kier molecular flexibility index (Phi) is 4.42. The van der Waals surface area contributed by atoms with Crippen molar-refractivity contribution in [2.24, 2.45) is 5.92 Å². The summed E-state index contributed by atoms with van der Waals surface area (Å²) in [6.45, 7) is 4.68. The second-order valence-electron chi connectivity index (χ2n) is 5.28. The smallest absolute Gasteiger partial charge is 0.280 e. The number of rotatable bonds is 5. The van der Waals surface area contributed by atoms with E-state index in [-0.39, 0.29) is 11.8 Å². The summed E-state index contributed by atoms with van der Waals surface area (Å²) in [5.74, 6) is 0.846. The van der Waals surface area contributed by atoms with Crippen LogP contribution in [0.3, 0.4) is 0 Å². The maximum absolute atomic E-state index is 12.0. The van der Waals surface area contributed by atoms with Crippen LogP contribution in [0.25, 0.3) is 23.1 Å². The molecular formula is C15H15N5O2S. The number of amides is 1. The summed E-state index contributed by atoms with van der Waals surface area (Å²) in [5, 5.41) is 8.81. The first kappa shape index (κ1) is 15.3. The Hall–Kier alpha value is -2.61. The molecule has 0 bridgehead atoms. The number of carbonyl (C=O) groups excluding carboxylic acids is 1. The van der Waals surface area contributed by atoms with Gasteiger partial charge in [0, 0.05) is 18.1 Å².